The van der Waals surface area contributed by atoms with Gasteiger partial charge in [0, 0.05) is 29.0 Å². The summed E-state index contributed by atoms with van der Waals surface area (Å²) in [6.45, 7) is 0.329. The molecule has 0 fully saturated rings. The molecule has 0 aliphatic carbocycles. The average molecular weight is 369 g/mol. The first-order chi connectivity index (χ1) is 8.91. The van der Waals surface area contributed by atoms with Crippen molar-refractivity contribution >= 4 is 28.3 Å². The quantitative estimate of drug-likeness (QED) is 0.877. The van der Waals surface area contributed by atoms with Gasteiger partial charge in [-0.1, -0.05) is 22.0 Å². The van der Waals surface area contributed by atoms with Crippen molar-refractivity contribution in [3.63, 3.8) is 0 Å². The minimum atomic E-state index is -4.53. The summed E-state index contributed by atoms with van der Waals surface area (Å²) in [5, 5.41) is 0. The van der Waals surface area contributed by atoms with Crippen molar-refractivity contribution in [3.8, 4) is 11.1 Å². The third kappa shape index (κ3) is 3.68. The molecule has 3 nitrogen and oxygen atoms in total. The molecule has 0 aliphatic rings. The molecule has 1 heterocycles. The van der Waals surface area contributed by atoms with E-state index in [4.69, 9.17) is 5.73 Å². The van der Waals surface area contributed by atoms with Crippen LogP contribution in [0.1, 0.15) is 11.4 Å². The lowest BCUT2D eigenvalue weighted by atomic mass is 10.1. The molecule has 2 N–H and O–H groups in total. The van der Waals surface area contributed by atoms with Crippen molar-refractivity contribution in [3.05, 3.63) is 46.5 Å². The average Bonchev–Trinajstić information content (AvgIpc) is 2.38. The van der Waals surface area contributed by atoms with E-state index in [2.05, 4.69) is 25.9 Å². The Hall–Kier alpha value is -1.18. The van der Waals surface area contributed by atoms with Crippen molar-refractivity contribution in [1.29, 1.82) is 0 Å². The maximum Gasteiger partial charge on any atom is 0.451 e. The minimum Gasteiger partial charge on any atom is -0.326 e. The number of benzene rings is 1. The molecule has 0 bridgehead atoms. The zero-order chi connectivity index (χ0) is 14.0. The van der Waals surface area contributed by atoms with Crippen LogP contribution >= 0.6 is 28.3 Å². The van der Waals surface area contributed by atoms with Crippen LogP contribution in [0, 0.1) is 0 Å². The predicted molar refractivity (Wildman–Crippen MR) is 75.3 cm³/mol. The summed E-state index contributed by atoms with van der Waals surface area (Å²) in [5.74, 6) is -1.15. The van der Waals surface area contributed by atoms with Crippen LogP contribution in [-0.4, -0.2) is 9.97 Å². The van der Waals surface area contributed by atoms with E-state index in [1.54, 1.807) is 18.2 Å². The van der Waals surface area contributed by atoms with Gasteiger partial charge in [-0.25, -0.2) is 9.97 Å². The zero-order valence-electron chi connectivity index (χ0n) is 9.99. The first-order valence-corrected chi connectivity index (χ1v) is 6.09. The zero-order valence-corrected chi connectivity index (χ0v) is 12.4. The number of halogens is 5. The number of nitrogens with two attached hydrogens (primary N) is 1. The number of alkyl halides is 3. The summed E-state index contributed by atoms with van der Waals surface area (Å²) in [6, 6.07) is 5.33. The summed E-state index contributed by atoms with van der Waals surface area (Å²) >= 11 is 3.34. The van der Waals surface area contributed by atoms with Gasteiger partial charge in [0.1, 0.15) is 0 Å². The highest BCUT2D eigenvalue weighted by molar-refractivity contribution is 9.10. The molecule has 8 heteroatoms. The molecule has 0 aliphatic heterocycles. The van der Waals surface area contributed by atoms with E-state index in [0.29, 0.717) is 12.1 Å². The minimum absolute atomic E-state index is 0. The highest BCUT2D eigenvalue weighted by atomic mass is 79.9. The highest BCUT2D eigenvalue weighted by Gasteiger charge is 2.34. The summed E-state index contributed by atoms with van der Waals surface area (Å²) in [7, 11) is 0. The van der Waals surface area contributed by atoms with Gasteiger partial charge in [-0.05, 0) is 23.3 Å². The van der Waals surface area contributed by atoms with Crippen LogP contribution in [0.25, 0.3) is 11.1 Å². The predicted octanol–water partition coefficient (Wildman–Crippen LogP) is 3.81. The fourth-order valence-corrected chi connectivity index (χ4v) is 1.94. The molecule has 0 amide bonds. The Kier molecular flexibility index (Phi) is 5.50. The molecule has 2 rings (SSSR count). The fourth-order valence-electron chi connectivity index (χ4n) is 1.53. The number of hydrogen-bond donors (Lipinski definition) is 1. The molecule has 0 saturated carbocycles. The molecule has 0 spiro atoms. The van der Waals surface area contributed by atoms with E-state index < -0.39 is 12.0 Å². The third-order valence-corrected chi connectivity index (χ3v) is 3.28. The Balaban J connectivity index is 0.00000200. The van der Waals surface area contributed by atoms with Gasteiger partial charge >= 0.3 is 6.18 Å². The van der Waals surface area contributed by atoms with Crippen molar-refractivity contribution in [2.45, 2.75) is 12.7 Å². The lowest BCUT2D eigenvalue weighted by Crippen LogP contribution is -2.10. The second kappa shape index (κ2) is 6.51. The molecule has 20 heavy (non-hydrogen) atoms. The van der Waals surface area contributed by atoms with E-state index in [-0.39, 0.29) is 12.4 Å². The summed E-state index contributed by atoms with van der Waals surface area (Å²) in [6.07, 6.45) is -2.22. The molecule has 1 aromatic carbocycles. The summed E-state index contributed by atoms with van der Waals surface area (Å²) in [4.78, 5) is 6.65. The van der Waals surface area contributed by atoms with Gasteiger partial charge in [0.25, 0.3) is 0 Å². The van der Waals surface area contributed by atoms with E-state index >= 15 is 0 Å². The van der Waals surface area contributed by atoms with Gasteiger partial charge in [0.15, 0.2) is 0 Å². The van der Waals surface area contributed by atoms with Crippen LogP contribution < -0.4 is 5.73 Å². The van der Waals surface area contributed by atoms with Crippen molar-refractivity contribution < 1.29 is 13.2 Å². The first kappa shape index (κ1) is 16.9. The van der Waals surface area contributed by atoms with Gasteiger partial charge in [0.05, 0.1) is 0 Å². The molecular formula is C12H10BrClF3N3. The standard InChI is InChI=1S/C12H9BrF3N3.ClH/c13-10-2-1-7(3-8(10)4-17)9-5-18-11(19-6-9)12(14,15)16;/h1-3,5-6H,4,17H2;1H. The smallest absolute Gasteiger partial charge is 0.326 e. The molecule has 1 aromatic heterocycles. The fraction of sp³-hybridized carbons (Fsp3) is 0.167. The first-order valence-electron chi connectivity index (χ1n) is 5.30. The second-order valence-corrected chi connectivity index (χ2v) is 4.66. The van der Waals surface area contributed by atoms with Gasteiger partial charge in [-0.15, -0.1) is 12.4 Å². The van der Waals surface area contributed by atoms with Crippen LogP contribution in [0.4, 0.5) is 13.2 Å². The lowest BCUT2D eigenvalue weighted by Gasteiger charge is -2.07. The Labute approximate surface area is 128 Å². The molecule has 108 valence electrons. The van der Waals surface area contributed by atoms with E-state index in [1.807, 2.05) is 0 Å². The largest absolute Gasteiger partial charge is 0.451 e. The van der Waals surface area contributed by atoms with Crippen molar-refractivity contribution in [2.24, 2.45) is 5.73 Å². The van der Waals surface area contributed by atoms with Crippen LogP contribution in [0.15, 0.2) is 35.1 Å². The number of aromatic nitrogens is 2. The maximum absolute atomic E-state index is 12.3. The van der Waals surface area contributed by atoms with E-state index in [9.17, 15) is 13.2 Å². The van der Waals surface area contributed by atoms with Crippen molar-refractivity contribution in [2.75, 3.05) is 0 Å². The highest BCUT2D eigenvalue weighted by Crippen LogP contribution is 2.28. The molecule has 0 radical (unpaired) electrons. The van der Waals surface area contributed by atoms with Gasteiger partial charge in [0.2, 0.25) is 5.82 Å². The Morgan fingerprint density at radius 1 is 1.10 bits per heavy atom. The second-order valence-electron chi connectivity index (χ2n) is 3.80. The SMILES string of the molecule is Cl.NCc1cc(-c2cnc(C(F)(F)F)nc2)ccc1Br. The molecular weight excluding hydrogens is 359 g/mol. The number of rotatable bonds is 2. The third-order valence-electron chi connectivity index (χ3n) is 2.50. The summed E-state index contributed by atoms with van der Waals surface area (Å²) < 4.78 is 37.9. The van der Waals surface area contributed by atoms with E-state index in [0.717, 1.165) is 28.0 Å². The van der Waals surface area contributed by atoms with Crippen molar-refractivity contribution in [1.82, 2.24) is 9.97 Å². The summed E-state index contributed by atoms with van der Waals surface area (Å²) in [5.41, 5.74) is 7.66. The topological polar surface area (TPSA) is 51.8 Å². The van der Waals surface area contributed by atoms with Gasteiger partial charge < -0.3 is 5.73 Å². The number of nitrogens with zero attached hydrogens (tertiary/aromatic N) is 2. The van der Waals surface area contributed by atoms with Crippen LogP contribution in [-0.2, 0) is 12.7 Å². The number of hydrogen-bond acceptors (Lipinski definition) is 3. The van der Waals surface area contributed by atoms with E-state index in [1.165, 1.54) is 0 Å². The van der Waals surface area contributed by atoms with Gasteiger partial charge in [-0.2, -0.15) is 13.2 Å². The monoisotopic (exact) mass is 367 g/mol. The van der Waals surface area contributed by atoms with Gasteiger partial charge in [-0.3, -0.25) is 0 Å². The van der Waals surface area contributed by atoms with Crippen LogP contribution in [0.3, 0.4) is 0 Å². The normalized spacial score (nSPS) is 11.1. The molecule has 0 saturated heterocycles. The lowest BCUT2D eigenvalue weighted by molar-refractivity contribution is -0.144. The Bertz CT molecular complexity index is 587. The maximum atomic E-state index is 12.3. The molecule has 0 atom stereocenters. The molecule has 2 aromatic rings. The Morgan fingerprint density at radius 2 is 1.70 bits per heavy atom. The Morgan fingerprint density at radius 3 is 2.20 bits per heavy atom. The van der Waals surface area contributed by atoms with Crippen LogP contribution in [0.5, 0.6) is 0 Å². The molecule has 0 unspecified atom stereocenters. The van der Waals surface area contributed by atoms with Crippen LogP contribution in [0.2, 0.25) is 0 Å².